The molecule has 2 nitrogen and oxygen atoms in total. The summed E-state index contributed by atoms with van der Waals surface area (Å²) in [7, 11) is 0. The van der Waals surface area contributed by atoms with Gasteiger partial charge in [-0.15, -0.1) is 0 Å². The number of hydrogen-bond acceptors (Lipinski definition) is 2. The minimum Gasteiger partial charge on any atom is -0.271 e. The quantitative estimate of drug-likeness (QED) is 0.583. The van der Waals surface area contributed by atoms with E-state index in [1.807, 2.05) is 18.2 Å². The number of rotatable bonds is 3. The van der Waals surface area contributed by atoms with E-state index in [4.69, 9.17) is 40.6 Å². The summed E-state index contributed by atoms with van der Waals surface area (Å²) >= 11 is 21.6. The first-order valence-electron chi connectivity index (χ1n) is 5.39. The normalized spacial score (nSPS) is 12.5. The highest BCUT2D eigenvalue weighted by molar-refractivity contribution is 9.10. The molecule has 2 rings (SSSR count). The second kappa shape index (κ2) is 6.44. The van der Waals surface area contributed by atoms with Crippen molar-refractivity contribution < 1.29 is 0 Å². The highest BCUT2D eigenvalue weighted by atomic mass is 79.9. The molecule has 0 spiro atoms. The molecule has 100 valence electrons. The minimum atomic E-state index is -0.280. The van der Waals surface area contributed by atoms with Gasteiger partial charge in [-0.2, -0.15) is 0 Å². The zero-order chi connectivity index (χ0) is 14.0. The van der Waals surface area contributed by atoms with Crippen molar-refractivity contribution in [2.75, 3.05) is 0 Å². The SMILES string of the molecule is NNC(c1ccc(Cl)cc1Cl)c1cc(Cl)ccc1Br. The van der Waals surface area contributed by atoms with Gasteiger partial charge in [-0.3, -0.25) is 5.84 Å². The smallest absolute Gasteiger partial charge is 0.0735 e. The van der Waals surface area contributed by atoms with E-state index in [0.717, 1.165) is 15.6 Å². The van der Waals surface area contributed by atoms with Crippen LogP contribution in [0.25, 0.3) is 0 Å². The monoisotopic (exact) mass is 378 g/mol. The summed E-state index contributed by atoms with van der Waals surface area (Å²) in [5.41, 5.74) is 4.48. The van der Waals surface area contributed by atoms with E-state index in [0.29, 0.717) is 15.1 Å². The lowest BCUT2D eigenvalue weighted by Crippen LogP contribution is -2.29. The Hall–Kier alpha value is -0.290. The van der Waals surface area contributed by atoms with Gasteiger partial charge in [0.1, 0.15) is 0 Å². The predicted octanol–water partition coefficient (Wildman–Crippen LogP) is 4.96. The zero-order valence-corrected chi connectivity index (χ0v) is 13.5. The number of hydrogen-bond donors (Lipinski definition) is 2. The van der Waals surface area contributed by atoms with Gasteiger partial charge in [-0.1, -0.05) is 56.8 Å². The Balaban J connectivity index is 2.52. The van der Waals surface area contributed by atoms with Gasteiger partial charge < -0.3 is 0 Å². The first-order valence-corrected chi connectivity index (χ1v) is 7.31. The van der Waals surface area contributed by atoms with Gasteiger partial charge in [0.15, 0.2) is 0 Å². The summed E-state index contributed by atoms with van der Waals surface area (Å²) < 4.78 is 0.894. The van der Waals surface area contributed by atoms with E-state index in [9.17, 15) is 0 Å². The summed E-state index contributed by atoms with van der Waals surface area (Å²) in [6.07, 6.45) is 0. The number of halogens is 4. The molecule has 0 bridgehead atoms. The molecular formula is C13H10BrCl3N2. The third kappa shape index (κ3) is 3.43. The lowest BCUT2D eigenvalue weighted by atomic mass is 9.99. The molecule has 0 radical (unpaired) electrons. The third-order valence-corrected chi connectivity index (χ3v) is 4.23. The lowest BCUT2D eigenvalue weighted by Gasteiger charge is -2.20. The van der Waals surface area contributed by atoms with Gasteiger partial charge >= 0.3 is 0 Å². The topological polar surface area (TPSA) is 38.0 Å². The molecule has 0 aliphatic carbocycles. The summed E-state index contributed by atoms with van der Waals surface area (Å²) in [6, 6.07) is 10.5. The van der Waals surface area contributed by atoms with E-state index in [1.54, 1.807) is 18.2 Å². The van der Waals surface area contributed by atoms with Crippen LogP contribution in [0.4, 0.5) is 0 Å². The lowest BCUT2D eigenvalue weighted by molar-refractivity contribution is 0.635. The Morgan fingerprint density at radius 3 is 2.21 bits per heavy atom. The summed E-state index contributed by atoms with van der Waals surface area (Å²) in [4.78, 5) is 0. The average molecular weight is 381 g/mol. The zero-order valence-electron chi connectivity index (χ0n) is 9.63. The van der Waals surface area contributed by atoms with Crippen LogP contribution in [0.3, 0.4) is 0 Å². The second-order valence-electron chi connectivity index (χ2n) is 3.93. The molecule has 0 fully saturated rings. The van der Waals surface area contributed by atoms with Gasteiger partial charge in [0.05, 0.1) is 6.04 Å². The van der Waals surface area contributed by atoms with Crippen LogP contribution in [0.2, 0.25) is 15.1 Å². The van der Waals surface area contributed by atoms with Crippen molar-refractivity contribution in [2.24, 2.45) is 5.84 Å². The number of nitrogens with one attached hydrogen (secondary N) is 1. The number of benzene rings is 2. The molecule has 0 saturated carbocycles. The Bertz CT molecular complexity index is 604. The fraction of sp³-hybridized carbons (Fsp3) is 0.0769. The van der Waals surface area contributed by atoms with Crippen LogP contribution in [-0.4, -0.2) is 0 Å². The van der Waals surface area contributed by atoms with Crippen molar-refractivity contribution in [1.82, 2.24) is 5.43 Å². The largest absolute Gasteiger partial charge is 0.271 e. The molecule has 0 aliphatic rings. The second-order valence-corrected chi connectivity index (χ2v) is 6.07. The van der Waals surface area contributed by atoms with Crippen LogP contribution in [0.1, 0.15) is 17.2 Å². The molecule has 6 heteroatoms. The van der Waals surface area contributed by atoms with E-state index in [1.165, 1.54) is 0 Å². The van der Waals surface area contributed by atoms with Crippen molar-refractivity contribution in [1.29, 1.82) is 0 Å². The van der Waals surface area contributed by atoms with Crippen molar-refractivity contribution in [2.45, 2.75) is 6.04 Å². The molecule has 1 atom stereocenters. The van der Waals surface area contributed by atoms with Crippen LogP contribution < -0.4 is 11.3 Å². The molecule has 0 amide bonds. The maximum Gasteiger partial charge on any atom is 0.0735 e. The van der Waals surface area contributed by atoms with Crippen LogP contribution in [0.15, 0.2) is 40.9 Å². The summed E-state index contributed by atoms with van der Waals surface area (Å²) in [5, 5.41) is 1.75. The highest BCUT2D eigenvalue weighted by Gasteiger charge is 2.18. The first-order chi connectivity index (χ1) is 9.02. The van der Waals surface area contributed by atoms with E-state index in [-0.39, 0.29) is 6.04 Å². The molecule has 0 heterocycles. The van der Waals surface area contributed by atoms with Crippen LogP contribution in [0.5, 0.6) is 0 Å². The third-order valence-electron chi connectivity index (χ3n) is 2.71. The Morgan fingerprint density at radius 1 is 0.947 bits per heavy atom. The van der Waals surface area contributed by atoms with Gasteiger partial charge in [0, 0.05) is 19.5 Å². The van der Waals surface area contributed by atoms with Crippen molar-refractivity contribution in [3.05, 3.63) is 67.1 Å². The minimum absolute atomic E-state index is 0.280. The maximum atomic E-state index is 6.22. The number of hydrazine groups is 1. The summed E-state index contributed by atoms with van der Waals surface area (Å²) in [5.74, 6) is 5.66. The van der Waals surface area contributed by atoms with Crippen molar-refractivity contribution >= 4 is 50.7 Å². The Morgan fingerprint density at radius 2 is 1.58 bits per heavy atom. The molecule has 1 unspecified atom stereocenters. The summed E-state index contributed by atoms with van der Waals surface area (Å²) in [6.45, 7) is 0. The molecule has 2 aromatic rings. The average Bonchev–Trinajstić information content (AvgIpc) is 2.36. The molecule has 3 N–H and O–H groups in total. The predicted molar refractivity (Wildman–Crippen MR) is 84.8 cm³/mol. The van der Waals surface area contributed by atoms with Gasteiger partial charge in [0.25, 0.3) is 0 Å². The van der Waals surface area contributed by atoms with Crippen LogP contribution in [-0.2, 0) is 0 Å². The highest BCUT2D eigenvalue weighted by Crippen LogP contribution is 2.34. The number of nitrogens with two attached hydrogens (primary N) is 1. The van der Waals surface area contributed by atoms with E-state index >= 15 is 0 Å². The van der Waals surface area contributed by atoms with Gasteiger partial charge in [-0.25, -0.2) is 5.43 Å². The van der Waals surface area contributed by atoms with Gasteiger partial charge in [-0.05, 0) is 41.5 Å². The molecular weight excluding hydrogens is 370 g/mol. The van der Waals surface area contributed by atoms with E-state index in [2.05, 4.69) is 21.4 Å². The Labute approximate surface area is 134 Å². The fourth-order valence-electron chi connectivity index (χ4n) is 1.82. The van der Waals surface area contributed by atoms with Crippen molar-refractivity contribution in [3.63, 3.8) is 0 Å². The fourth-order valence-corrected chi connectivity index (χ4v) is 2.99. The standard InChI is InChI=1S/C13H10BrCl3N2/c14-11-4-2-7(15)5-10(11)13(19-18)9-3-1-8(16)6-12(9)17/h1-6,13,19H,18H2. The van der Waals surface area contributed by atoms with Gasteiger partial charge in [0.2, 0.25) is 0 Å². The first kappa shape index (κ1) is 15.1. The Kier molecular flexibility index (Phi) is 5.12. The van der Waals surface area contributed by atoms with Crippen LogP contribution >= 0.6 is 50.7 Å². The molecule has 0 aliphatic heterocycles. The van der Waals surface area contributed by atoms with Crippen molar-refractivity contribution in [3.8, 4) is 0 Å². The molecule has 2 aromatic carbocycles. The maximum absolute atomic E-state index is 6.22. The van der Waals surface area contributed by atoms with Crippen LogP contribution in [0, 0.1) is 0 Å². The molecule has 0 aromatic heterocycles. The molecule has 19 heavy (non-hydrogen) atoms. The van der Waals surface area contributed by atoms with E-state index < -0.39 is 0 Å². The molecule has 0 saturated heterocycles.